The fraction of sp³-hybridized carbons (Fsp3) is 0.0769. The first-order valence-electron chi connectivity index (χ1n) is 10.2. The number of ether oxygens (including phenoxy) is 1. The van der Waals surface area contributed by atoms with Gasteiger partial charge in [0.25, 0.3) is 5.56 Å². The molecule has 3 aromatic carbocycles. The third-order valence-electron chi connectivity index (χ3n) is 5.39. The maximum atomic E-state index is 12.2. The van der Waals surface area contributed by atoms with E-state index in [-0.39, 0.29) is 11.6 Å². The molecule has 0 saturated carbocycles. The summed E-state index contributed by atoms with van der Waals surface area (Å²) in [7, 11) is 0. The van der Waals surface area contributed by atoms with Gasteiger partial charge in [-0.15, -0.1) is 0 Å². The minimum Gasteiger partial charge on any atom is -0.488 e. The number of aromatic amines is 1. The van der Waals surface area contributed by atoms with E-state index in [1.54, 1.807) is 12.5 Å². The Balaban J connectivity index is 1.59. The smallest absolute Gasteiger partial charge is 0.252 e. The molecule has 2 aromatic heterocycles. The fourth-order valence-electron chi connectivity index (χ4n) is 3.87. The van der Waals surface area contributed by atoms with Gasteiger partial charge in [-0.1, -0.05) is 60.1 Å². The van der Waals surface area contributed by atoms with Gasteiger partial charge in [-0.25, -0.2) is 4.98 Å². The molecule has 158 valence electrons. The van der Waals surface area contributed by atoms with E-state index in [9.17, 15) is 4.79 Å². The average Bonchev–Trinajstić information content (AvgIpc) is 3.34. The van der Waals surface area contributed by atoms with Gasteiger partial charge >= 0.3 is 0 Å². The van der Waals surface area contributed by atoms with Crippen LogP contribution in [0, 0.1) is 0 Å². The molecule has 0 aliphatic rings. The van der Waals surface area contributed by atoms with Crippen LogP contribution in [0.25, 0.3) is 10.9 Å². The number of aromatic nitrogens is 3. The molecule has 0 fully saturated rings. The second-order valence-corrected chi connectivity index (χ2v) is 7.98. The maximum absolute atomic E-state index is 12.2. The third kappa shape index (κ3) is 4.15. The summed E-state index contributed by atoms with van der Waals surface area (Å²) in [4.78, 5) is 19.3. The monoisotopic (exact) mass is 441 g/mol. The maximum Gasteiger partial charge on any atom is 0.252 e. The first kappa shape index (κ1) is 20.1. The van der Waals surface area contributed by atoms with Crippen LogP contribution in [0.4, 0.5) is 0 Å². The van der Waals surface area contributed by atoms with Crippen LogP contribution >= 0.6 is 11.6 Å². The first-order valence-corrected chi connectivity index (χ1v) is 10.6. The standard InChI is InChI=1S/C26H20ClN3O2/c27-21-9-6-19(7-10-21)26(30-13-12-28-17-30)20-8-11-23-22(14-20)24(15-25(31)29-23)32-16-18-4-2-1-3-5-18/h1-15,17,26H,16H2,(H,29,31). The zero-order valence-corrected chi connectivity index (χ0v) is 17.9. The lowest BCUT2D eigenvalue weighted by molar-refractivity contribution is 0.309. The Morgan fingerprint density at radius 3 is 2.50 bits per heavy atom. The highest BCUT2D eigenvalue weighted by Crippen LogP contribution is 2.32. The van der Waals surface area contributed by atoms with Gasteiger partial charge < -0.3 is 14.3 Å². The van der Waals surface area contributed by atoms with Crippen molar-refractivity contribution in [3.05, 3.63) is 130 Å². The molecular formula is C26H20ClN3O2. The lowest BCUT2D eigenvalue weighted by Gasteiger charge is -2.21. The number of halogens is 1. The van der Waals surface area contributed by atoms with Crippen molar-refractivity contribution in [1.82, 2.24) is 14.5 Å². The van der Waals surface area contributed by atoms with E-state index in [4.69, 9.17) is 16.3 Å². The van der Waals surface area contributed by atoms with E-state index in [1.807, 2.05) is 77.5 Å². The zero-order chi connectivity index (χ0) is 21.9. The molecule has 1 atom stereocenters. The molecule has 0 bridgehead atoms. The number of fused-ring (bicyclic) bond motifs is 1. The summed E-state index contributed by atoms with van der Waals surface area (Å²) in [6.07, 6.45) is 5.49. The van der Waals surface area contributed by atoms with Gasteiger partial charge in [0.05, 0.1) is 17.9 Å². The number of nitrogens with one attached hydrogen (secondary N) is 1. The minimum absolute atomic E-state index is 0.104. The number of hydrogen-bond donors (Lipinski definition) is 1. The van der Waals surface area contributed by atoms with E-state index >= 15 is 0 Å². The van der Waals surface area contributed by atoms with Crippen LogP contribution in [0.15, 0.2) is 102 Å². The SMILES string of the molecule is O=c1cc(OCc2ccccc2)c2cc(C(c3ccc(Cl)cc3)n3ccnc3)ccc2[nH]1. The zero-order valence-electron chi connectivity index (χ0n) is 17.1. The Labute approximate surface area is 189 Å². The number of benzene rings is 3. The highest BCUT2D eigenvalue weighted by Gasteiger charge is 2.18. The van der Waals surface area contributed by atoms with Gasteiger partial charge in [-0.2, -0.15) is 0 Å². The second-order valence-electron chi connectivity index (χ2n) is 7.54. The largest absolute Gasteiger partial charge is 0.488 e. The van der Waals surface area contributed by atoms with E-state index in [0.29, 0.717) is 17.4 Å². The van der Waals surface area contributed by atoms with Crippen LogP contribution in [-0.2, 0) is 6.61 Å². The van der Waals surface area contributed by atoms with Gasteiger partial charge in [0.15, 0.2) is 0 Å². The summed E-state index contributed by atoms with van der Waals surface area (Å²) < 4.78 is 8.12. The van der Waals surface area contributed by atoms with Crippen molar-refractivity contribution in [2.24, 2.45) is 0 Å². The Kier molecular flexibility index (Phi) is 5.48. The number of H-pyrrole nitrogens is 1. The van der Waals surface area contributed by atoms with E-state index in [1.165, 1.54) is 6.07 Å². The predicted molar refractivity (Wildman–Crippen MR) is 126 cm³/mol. The van der Waals surface area contributed by atoms with Crippen LogP contribution in [0.3, 0.4) is 0 Å². The summed E-state index contributed by atoms with van der Waals surface area (Å²) in [5.41, 5.74) is 3.67. The molecule has 0 aliphatic carbocycles. The molecular weight excluding hydrogens is 422 g/mol. The number of hydrogen-bond acceptors (Lipinski definition) is 3. The quantitative estimate of drug-likeness (QED) is 0.373. The lowest BCUT2D eigenvalue weighted by atomic mass is 9.97. The Bertz CT molecular complexity index is 1400. The van der Waals surface area contributed by atoms with Crippen LogP contribution < -0.4 is 10.3 Å². The molecule has 5 rings (SSSR count). The van der Waals surface area contributed by atoms with Crippen LogP contribution in [0.1, 0.15) is 22.7 Å². The molecule has 5 nitrogen and oxygen atoms in total. The first-order chi connectivity index (χ1) is 15.7. The Morgan fingerprint density at radius 2 is 1.75 bits per heavy atom. The van der Waals surface area contributed by atoms with Crippen molar-refractivity contribution in [2.45, 2.75) is 12.6 Å². The molecule has 0 spiro atoms. The number of pyridine rings is 1. The third-order valence-corrected chi connectivity index (χ3v) is 5.64. The van der Waals surface area contributed by atoms with Crippen molar-refractivity contribution >= 4 is 22.5 Å². The molecule has 0 saturated heterocycles. The molecule has 1 unspecified atom stereocenters. The average molecular weight is 442 g/mol. The van der Waals surface area contributed by atoms with Gasteiger partial charge in [0.1, 0.15) is 12.4 Å². The molecule has 2 heterocycles. The van der Waals surface area contributed by atoms with E-state index in [0.717, 1.165) is 27.6 Å². The van der Waals surface area contributed by atoms with E-state index < -0.39 is 0 Å². The Morgan fingerprint density at radius 1 is 0.969 bits per heavy atom. The van der Waals surface area contributed by atoms with Crippen LogP contribution in [0.5, 0.6) is 5.75 Å². The van der Waals surface area contributed by atoms with Crippen molar-refractivity contribution in [3.8, 4) is 5.75 Å². The summed E-state index contributed by atoms with van der Waals surface area (Å²) in [5.74, 6) is 0.551. The second kappa shape index (κ2) is 8.73. The van der Waals surface area contributed by atoms with Crippen molar-refractivity contribution in [2.75, 3.05) is 0 Å². The molecule has 0 aliphatic heterocycles. The van der Waals surface area contributed by atoms with Crippen molar-refractivity contribution in [3.63, 3.8) is 0 Å². The normalized spacial score (nSPS) is 12.0. The Hall–Kier alpha value is -3.83. The highest BCUT2D eigenvalue weighted by molar-refractivity contribution is 6.30. The van der Waals surface area contributed by atoms with Gasteiger partial charge in [-0.3, -0.25) is 4.79 Å². The number of nitrogens with zero attached hydrogens (tertiary/aromatic N) is 2. The topological polar surface area (TPSA) is 59.9 Å². The van der Waals surface area contributed by atoms with Crippen molar-refractivity contribution < 1.29 is 4.74 Å². The molecule has 1 N–H and O–H groups in total. The van der Waals surface area contributed by atoms with Gasteiger partial charge in [0, 0.05) is 28.9 Å². The minimum atomic E-state index is -0.197. The van der Waals surface area contributed by atoms with Crippen molar-refractivity contribution in [1.29, 1.82) is 0 Å². The molecule has 32 heavy (non-hydrogen) atoms. The van der Waals surface area contributed by atoms with Crippen LogP contribution in [0.2, 0.25) is 5.02 Å². The molecule has 0 amide bonds. The lowest BCUT2D eigenvalue weighted by Crippen LogP contribution is -2.11. The van der Waals surface area contributed by atoms with Gasteiger partial charge in [-0.05, 0) is 41.0 Å². The molecule has 0 radical (unpaired) electrons. The highest BCUT2D eigenvalue weighted by atomic mass is 35.5. The number of rotatable bonds is 6. The van der Waals surface area contributed by atoms with Gasteiger partial charge in [0.2, 0.25) is 0 Å². The fourth-order valence-corrected chi connectivity index (χ4v) is 4.00. The van der Waals surface area contributed by atoms with Crippen LogP contribution in [-0.4, -0.2) is 14.5 Å². The number of imidazole rings is 1. The predicted octanol–water partition coefficient (Wildman–Crippen LogP) is 5.59. The summed E-state index contributed by atoms with van der Waals surface area (Å²) in [5, 5.41) is 1.53. The summed E-state index contributed by atoms with van der Waals surface area (Å²) in [6, 6.07) is 25.1. The molecule has 6 heteroatoms. The van der Waals surface area contributed by atoms with E-state index in [2.05, 4.69) is 16.0 Å². The summed E-state index contributed by atoms with van der Waals surface area (Å²) in [6.45, 7) is 0.381. The summed E-state index contributed by atoms with van der Waals surface area (Å²) >= 11 is 6.12. The molecule has 5 aromatic rings.